The van der Waals surface area contributed by atoms with Crippen LogP contribution in [0.3, 0.4) is 0 Å². The zero-order valence-electron chi connectivity index (χ0n) is 31.1. The normalized spacial score (nSPS) is 14.7. The number of fused-ring (bicyclic) bond motifs is 13. The molecule has 2 aliphatic rings. The van der Waals surface area contributed by atoms with Crippen molar-refractivity contribution in [3.05, 3.63) is 235 Å². The lowest BCUT2D eigenvalue weighted by Gasteiger charge is -2.32. The predicted octanol–water partition coefficient (Wildman–Crippen LogP) is 14.7. The molecule has 0 saturated heterocycles. The Morgan fingerprint density at radius 2 is 0.912 bits per heavy atom. The highest BCUT2D eigenvalue weighted by molar-refractivity contribution is 6.04. The van der Waals surface area contributed by atoms with Gasteiger partial charge < -0.3 is 9.32 Å². The maximum Gasteiger partial charge on any atom is 0.140 e. The van der Waals surface area contributed by atoms with E-state index in [4.69, 9.17) is 4.42 Å². The highest BCUT2D eigenvalue weighted by Gasteiger charge is 2.55. The molecule has 0 saturated carbocycles. The average molecular weight is 726 g/mol. The molecule has 2 heteroatoms. The highest BCUT2D eigenvalue weighted by atomic mass is 16.3. The summed E-state index contributed by atoms with van der Waals surface area (Å²) in [5, 5.41) is 3.61. The van der Waals surface area contributed by atoms with Crippen LogP contribution in [0.4, 0.5) is 17.1 Å². The summed E-state index contributed by atoms with van der Waals surface area (Å²) in [6, 6.07) is 77.3. The molecule has 12 rings (SSSR count). The quantitative estimate of drug-likeness (QED) is 0.176. The Morgan fingerprint density at radius 3 is 1.70 bits per heavy atom. The van der Waals surface area contributed by atoms with Crippen molar-refractivity contribution in [2.45, 2.75) is 5.41 Å². The van der Waals surface area contributed by atoms with Crippen LogP contribution in [0.2, 0.25) is 0 Å². The van der Waals surface area contributed by atoms with Crippen molar-refractivity contribution in [2.24, 2.45) is 0 Å². The van der Waals surface area contributed by atoms with Gasteiger partial charge >= 0.3 is 0 Å². The molecule has 10 aromatic rings. The van der Waals surface area contributed by atoms with Gasteiger partial charge in [-0.2, -0.15) is 0 Å². The summed E-state index contributed by atoms with van der Waals surface area (Å²) in [6.07, 6.45) is 0. The largest absolute Gasteiger partial charge is 0.456 e. The van der Waals surface area contributed by atoms with E-state index in [1.807, 2.05) is 0 Å². The molecular formula is C55H35NO. The summed E-state index contributed by atoms with van der Waals surface area (Å²) < 4.78 is 6.78. The van der Waals surface area contributed by atoms with E-state index in [0.29, 0.717) is 0 Å². The molecule has 9 aromatic carbocycles. The summed E-state index contributed by atoms with van der Waals surface area (Å²) in [4.78, 5) is 2.37. The Labute approximate surface area is 331 Å². The molecule has 0 N–H and O–H groups in total. The van der Waals surface area contributed by atoms with Gasteiger partial charge in [-0.15, -0.1) is 0 Å². The number of furan rings is 1. The monoisotopic (exact) mass is 725 g/mol. The topological polar surface area (TPSA) is 16.4 Å². The number of hydrogen-bond acceptors (Lipinski definition) is 2. The van der Waals surface area contributed by atoms with Gasteiger partial charge in [-0.05, 0) is 103 Å². The summed E-state index contributed by atoms with van der Waals surface area (Å²) in [5.41, 5.74) is 17.4. The van der Waals surface area contributed by atoms with Gasteiger partial charge in [-0.25, -0.2) is 0 Å². The van der Waals surface area contributed by atoms with Crippen LogP contribution in [0.1, 0.15) is 22.3 Å². The molecule has 0 fully saturated rings. The van der Waals surface area contributed by atoms with Crippen molar-refractivity contribution < 1.29 is 4.42 Å². The molecule has 266 valence electrons. The van der Waals surface area contributed by atoms with E-state index >= 15 is 0 Å². The summed E-state index contributed by atoms with van der Waals surface area (Å²) in [7, 11) is 0. The van der Waals surface area contributed by atoms with E-state index in [0.717, 1.165) is 28.4 Å². The Balaban J connectivity index is 1.04. The second-order valence-corrected chi connectivity index (χ2v) is 15.2. The van der Waals surface area contributed by atoms with Gasteiger partial charge in [0.1, 0.15) is 11.3 Å². The number of nitrogens with zero attached hydrogens (tertiary/aromatic N) is 1. The lowest BCUT2D eigenvalue weighted by molar-refractivity contribution is 0.628. The second kappa shape index (κ2) is 12.3. The first-order valence-electron chi connectivity index (χ1n) is 19.7. The highest BCUT2D eigenvalue weighted by Crippen LogP contribution is 2.66. The molecule has 0 radical (unpaired) electrons. The number of para-hydroxylation sites is 1. The summed E-state index contributed by atoms with van der Waals surface area (Å²) >= 11 is 0. The van der Waals surface area contributed by atoms with Crippen molar-refractivity contribution in [1.29, 1.82) is 0 Å². The Morgan fingerprint density at radius 1 is 0.351 bits per heavy atom. The molecule has 1 aromatic heterocycles. The van der Waals surface area contributed by atoms with Crippen LogP contribution < -0.4 is 4.90 Å². The number of anilines is 3. The van der Waals surface area contributed by atoms with Gasteiger partial charge in [0.2, 0.25) is 0 Å². The molecule has 2 aliphatic carbocycles. The maximum absolute atomic E-state index is 6.78. The summed E-state index contributed by atoms with van der Waals surface area (Å²) in [6.45, 7) is 0. The molecule has 0 bridgehead atoms. The third-order valence-corrected chi connectivity index (χ3v) is 12.3. The van der Waals surface area contributed by atoms with Crippen molar-refractivity contribution >= 4 is 38.8 Å². The Bertz CT molecular complexity index is 3170. The molecule has 1 heterocycles. The van der Waals surface area contributed by atoms with Crippen LogP contribution in [-0.4, -0.2) is 0 Å². The first kappa shape index (κ1) is 31.9. The zero-order chi connectivity index (χ0) is 37.5. The van der Waals surface area contributed by atoms with Gasteiger partial charge in [0.15, 0.2) is 0 Å². The molecule has 57 heavy (non-hydrogen) atoms. The molecule has 2 nitrogen and oxygen atoms in total. The zero-order valence-corrected chi connectivity index (χ0v) is 31.1. The minimum atomic E-state index is -0.530. The molecule has 0 aliphatic heterocycles. The second-order valence-electron chi connectivity index (χ2n) is 15.2. The molecule has 1 atom stereocenters. The van der Waals surface area contributed by atoms with Crippen LogP contribution in [0.5, 0.6) is 0 Å². The van der Waals surface area contributed by atoms with Gasteiger partial charge in [-0.1, -0.05) is 170 Å². The molecular weight excluding hydrogens is 691 g/mol. The van der Waals surface area contributed by atoms with Gasteiger partial charge in [-0.3, -0.25) is 0 Å². The van der Waals surface area contributed by atoms with E-state index in [1.54, 1.807) is 0 Å². The fourth-order valence-electron chi connectivity index (χ4n) is 9.88. The van der Waals surface area contributed by atoms with Crippen LogP contribution >= 0.6 is 0 Å². The van der Waals surface area contributed by atoms with E-state index in [2.05, 4.69) is 217 Å². The number of rotatable bonds is 5. The Hall–Kier alpha value is -7.42. The summed E-state index contributed by atoms with van der Waals surface area (Å²) in [5.74, 6) is 0.976. The van der Waals surface area contributed by atoms with Gasteiger partial charge in [0.05, 0.1) is 5.41 Å². The molecule has 1 spiro atoms. The first-order valence-corrected chi connectivity index (χ1v) is 19.7. The molecule has 0 amide bonds. The predicted molar refractivity (Wildman–Crippen MR) is 236 cm³/mol. The van der Waals surface area contributed by atoms with E-state index in [1.165, 1.54) is 77.4 Å². The Kier molecular flexibility index (Phi) is 6.88. The minimum Gasteiger partial charge on any atom is -0.456 e. The van der Waals surface area contributed by atoms with Crippen LogP contribution in [-0.2, 0) is 5.41 Å². The van der Waals surface area contributed by atoms with Gasteiger partial charge in [0.25, 0.3) is 0 Å². The minimum absolute atomic E-state index is 0.530. The van der Waals surface area contributed by atoms with E-state index < -0.39 is 5.41 Å². The fourth-order valence-corrected chi connectivity index (χ4v) is 9.88. The SMILES string of the molecule is c1ccc(-c2ccc(N(c3ccc(-c4cccc5c4C4(c6ccccc6-5)c5ccccc5-c5oc6ccccc6c54)cc3)c3ccc4ccccc4c3)cc2)cc1. The third-order valence-electron chi connectivity index (χ3n) is 12.3. The van der Waals surface area contributed by atoms with Crippen molar-refractivity contribution in [3.8, 4) is 44.7 Å². The molecule has 1 unspecified atom stereocenters. The van der Waals surface area contributed by atoms with Crippen LogP contribution in [0.15, 0.2) is 217 Å². The smallest absolute Gasteiger partial charge is 0.140 e. The van der Waals surface area contributed by atoms with Crippen LogP contribution in [0.25, 0.3) is 66.4 Å². The third kappa shape index (κ3) is 4.59. The van der Waals surface area contributed by atoms with E-state index in [9.17, 15) is 0 Å². The lowest BCUT2D eigenvalue weighted by Crippen LogP contribution is -2.26. The van der Waals surface area contributed by atoms with E-state index in [-0.39, 0.29) is 0 Å². The number of hydrogen-bond donors (Lipinski definition) is 0. The number of benzene rings is 9. The average Bonchev–Trinajstić information content (AvgIpc) is 3.91. The maximum atomic E-state index is 6.78. The standard InChI is InChI=1S/C55H35NO/c1-2-13-36(14-3-1)38-25-30-41(31-26-38)56(43-34-27-37-15-4-5-16-40(37)35-43)42-32-28-39(29-33-42)44-20-12-21-46-45-17-6-9-22-49(45)55(52(44)46)50-23-10-7-18-47(50)54-53(55)48-19-8-11-24-51(48)57-54/h1-35H. The lowest BCUT2D eigenvalue weighted by atomic mass is 9.68. The van der Waals surface area contributed by atoms with Crippen molar-refractivity contribution in [3.63, 3.8) is 0 Å². The van der Waals surface area contributed by atoms with Crippen LogP contribution in [0, 0.1) is 0 Å². The first-order chi connectivity index (χ1) is 28.3. The van der Waals surface area contributed by atoms with Gasteiger partial charge in [0, 0.05) is 33.6 Å². The fraction of sp³-hybridized carbons (Fsp3) is 0.0182. The van der Waals surface area contributed by atoms with Crippen molar-refractivity contribution in [2.75, 3.05) is 4.90 Å². The van der Waals surface area contributed by atoms with Crippen molar-refractivity contribution in [1.82, 2.24) is 0 Å².